The molecule has 0 fully saturated rings. The molecule has 0 saturated heterocycles. The molecule has 0 bridgehead atoms. The molecule has 5 aromatic heterocycles. The molecule has 5 heterocycles. The average molecular weight is 2040 g/mol. The van der Waals surface area contributed by atoms with Gasteiger partial charge in [-0.2, -0.15) is 9.13 Å². The van der Waals surface area contributed by atoms with Crippen molar-refractivity contribution >= 4 is 165 Å². The summed E-state index contributed by atoms with van der Waals surface area (Å²) in [5, 5.41) is 2.21. The zero-order chi connectivity index (χ0) is 86.3. The Morgan fingerprint density at radius 2 is 0.686 bits per heavy atom. The minimum atomic E-state index is -4.41. The van der Waals surface area contributed by atoms with Crippen LogP contribution in [0.2, 0.25) is 0 Å². The number of aromatic nitrogens is 5. The van der Waals surface area contributed by atoms with Crippen LogP contribution in [0.1, 0.15) is 69.2 Å². The van der Waals surface area contributed by atoms with Crippen LogP contribution in [0.5, 0.6) is 0 Å². The molecule has 0 aliphatic rings. The van der Waals surface area contributed by atoms with Crippen LogP contribution in [0.25, 0.3) is 24.3 Å². The van der Waals surface area contributed by atoms with Crippen molar-refractivity contribution < 1.29 is 105 Å². The van der Waals surface area contributed by atoms with Crippen LogP contribution in [0.4, 0.5) is 17.1 Å². The fraction of sp³-hybridized carbons (Fsp3) is 0.442. The van der Waals surface area contributed by atoms with Crippen LogP contribution in [0.3, 0.4) is 0 Å². The number of aldehydes is 1. The van der Waals surface area contributed by atoms with Gasteiger partial charge in [0.25, 0.3) is 0 Å². The predicted octanol–water partition coefficient (Wildman–Crippen LogP) is 9.48. The maximum absolute atomic E-state index is 10.6. The SMILES string of the molecule is BrCCSSCCBr.CN(CCC[N+](C)(C)C)c1ccc(/C=C/c2cccc[n+]2CCSSCC[n+]2ccccc2/C=C/c2ccc(N(C)CCC[N+](C)(C)C)cc2)cc1.CN(CCC[N+](C)(C)C)c1ccc(C=O)cc1.COS(=O)(=O)[O-].COS(=O)(=O)[O-].Cc1cccc[n+]1CCSSCC[n+]1ccccc1C.Cc1ccccn1.[Br-].[Br-]. The molecule has 3 aromatic carbocycles. The summed E-state index contributed by atoms with van der Waals surface area (Å²) in [6.45, 7) is 17.1. The number of hydrogen-bond acceptors (Lipinski definition) is 19. The van der Waals surface area contributed by atoms with Crippen molar-refractivity contribution in [1.29, 1.82) is 0 Å². The monoisotopic (exact) mass is 2030 g/mol. The summed E-state index contributed by atoms with van der Waals surface area (Å²) in [6, 6.07) is 57.0. The average Bonchev–Trinajstić information content (AvgIpc) is 0.871. The van der Waals surface area contributed by atoms with Crippen molar-refractivity contribution in [3.8, 4) is 0 Å². The van der Waals surface area contributed by atoms with E-state index in [2.05, 4.69) is 347 Å². The van der Waals surface area contributed by atoms with Crippen LogP contribution in [0.15, 0.2) is 195 Å². The van der Waals surface area contributed by atoms with E-state index in [1.165, 1.54) is 82.7 Å². The number of carbonyl (C=O) groups is 1. The first-order chi connectivity index (χ1) is 55.0. The molecule has 0 atom stereocenters. The first-order valence-corrected chi connectivity index (χ1v) is 50.7. The van der Waals surface area contributed by atoms with Crippen molar-refractivity contribution in [3.63, 3.8) is 0 Å². The Morgan fingerprint density at radius 3 is 0.941 bits per heavy atom. The van der Waals surface area contributed by atoms with Gasteiger partial charge in [-0.3, -0.25) is 18.1 Å². The topological polar surface area (TPSA) is 188 Å². The molecule has 20 nitrogen and oxygen atoms in total. The van der Waals surface area contributed by atoms with Crippen LogP contribution in [0, 0.1) is 20.8 Å². The highest BCUT2D eigenvalue weighted by Gasteiger charge is 2.14. The standard InChI is InChI=1S/C44H64N6S2.C16H22N2S2.C14H23N2O.C6H7N.C4H8Br2S2.2CH4O4S.2BrH/c1-45(29-13-35-49(3,4)5)41-23-17-39(18-24-41)21-27-43-15-9-11-31-47(43)33-37-51-52-38-34-48-32-12-10-16-44(48)28-22-40-19-25-42(26-20-40)46(2)30-14-36-50(6,7)8;1-15-7-3-5-9-17(15)11-13-19-20-14-12-18-10-6-4-8-16(18)2;1-15(10-5-11-16(2,3)4)14-8-6-13(12-17)7-9-14;1-6-4-2-3-5-7-6;5-1-3-7-8-4-2-6;2*1-5-6(2,3)4;;/h9-12,15-28,31-32H,13-14,29-30,33-38H2,1-8H3;3-10H,11-14H2,1-2H3;6-9,12H,5,10-11H2,1-4H3;2-5H,1H3;1-4H2;2*1H3,(H,2,3,4);2*1H/q+4;+2;+1;;;;;;/p-4. The van der Waals surface area contributed by atoms with Crippen molar-refractivity contribution in [2.45, 2.75) is 66.2 Å². The molecule has 0 unspecified atom stereocenters. The number of rotatable bonds is 41. The third-order valence-electron chi connectivity index (χ3n) is 16.7. The first-order valence-electron chi connectivity index (χ1n) is 38.3. The first kappa shape index (κ1) is 114. The van der Waals surface area contributed by atoms with E-state index in [0.29, 0.717) is 0 Å². The molecule has 656 valence electrons. The number of halogens is 4. The van der Waals surface area contributed by atoms with E-state index in [1.54, 1.807) is 6.20 Å². The van der Waals surface area contributed by atoms with Gasteiger partial charge in [0.15, 0.2) is 62.4 Å². The van der Waals surface area contributed by atoms with E-state index in [-0.39, 0.29) is 34.0 Å². The molecule has 8 aromatic rings. The van der Waals surface area contributed by atoms with Crippen molar-refractivity contribution in [2.75, 3.05) is 198 Å². The molecular weight excluding hydrogens is 1910 g/mol. The molecule has 0 aliphatic heterocycles. The third kappa shape index (κ3) is 59.4. The normalized spacial score (nSPS) is 11.2. The van der Waals surface area contributed by atoms with Gasteiger partial charge in [-0.1, -0.05) is 139 Å². The van der Waals surface area contributed by atoms with Gasteiger partial charge in [0.05, 0.1) is 120 Å². The second kappa shape index (κ2) is 65.3. The molecule has 32 heteroatoms. The summed E-state index contributed by atoms with van der Waals surface area (Å²) in [5.41, 5.74) is 13.1. The minimum absolute atomic E-state index is 0. The molecule has 0 radical (unpaired) electrons. The third-order valence-corrected chi connectivity index (χ3v) is 26.5. The summed E-state index contributed by atoms with van der Waals surface area (Å²) >= 11 is 6.71. The van der Waals surface area contributed by atoms with Gasteiger partial charge in [0, 0.05) is 191 Å². The quantitative estimate of drug-likeness (QED) is 0.00514. The molecule has 0 N–H and O–H groups in total. The maximum atomic E-state index is 10.6. The lowest BCUT2D eigenvalue weighted by atomic mass is 10.1. The van der Waals surface area contributed by atoms with Gasteiger partial charge in [-0.15, -0.1) is 0 Å². The lowest BCUT2D eigenvalue weighted by Gasteiger charge is -2.26. The number of alkyl halides is 2. The lowest BCUT2D eigenvalue weighted by molar-refractivity contribution is -0.870. The number of anilines is 3. The smallest absolute Gasteiger partial charge is 0.217 e. The van der Waals surface area contributed by atoms with E-state index in [0.717, 1.165) is 143 Å². The van der Waals surface area contributed by atoms with E-state index < -0.39 is 20.8 Å². The minimum Gasteiger partial charge on any atom is -1.00 e. The van der Waals surface area contributed by atoms with Crippen molar-refractivity contribution in [2.24, 2.45) is 0 Å². The predicted molar refractivity (Wildman–Crippen MR) is 506 cm³/mol. The molecule has 0 saturated carbocycles. The van der Waals surface area contributed by atoms with E-state index in [1.807, 2.05) is 114 Å². The summed E-state index contributed by atoms with van der Waals surface area (Å²) in [4.78, 5) is 21.5. The van der Waals surface area contributed by atoms with E-state index in [9.17, 15) is 30.7 Å². The number of aryl methyl sites for hydroxylation is 7. The summed E-state index contributed by atoms with van der Waals surface area (Å²) < 4.78 is 74.4. The summed E-state index contributed by atoms with van der Waals surface area (Å²) in [6.07, 6.45) is 23.8. The van der Waals surface area contributed by atoms with Gasteiger partial charge in [-0.05, 0) is 103 Å². The summed E-state index contributed by atoms with van der Waals surface area (Å²) in [7, 11) is 31.1. The number of benzene rings is 3. The Kier molecular flexibility index (Phi) is 62.8. The maximum Gasteiger partial charge on any atom is 0.217 e. The molecule has 8 rings (SSSR count). The second-order valence-electron chi connectivity index (χ2n) is 29.6. The van der Waals surface area contributed by atoms with Crippen molar-refractivity contribution in [3.05, 3.63) is 240 Å². The highest BCUT2D eigenvalue weighted by molar-refractivity contribution is 9.09. The molecule has 118 heavy (non-hydrogen) atoms. The Hall–Kier alpha value is -4.40. The second-order valence-corrected chi connectivity index (χ2v) is 41.6. The Labute approximate surface area is 771 Å². The van der Waals surface area contributed by atoms with Gasteiger partial charge < -0.3 is 71.2 Å². The Bertz CT molecular complexity index is 4020. The van der Waals surface area contributed by atoms with Crippen molar-refractivity contribution in [1.82, 2.24) is 4.98 Å². The molecule has 0 spiro atoms. The highest BCUT2D eigenvalue weighted by atomic mass is 79.9. The van der Waals surface area contributed by atoms with Crippen LogP contribution in [-0.4, -0.2) is 234 Å². The molecule has 0 aliphatic carbocycles. The number of quaternary nitrogens is 3. The summed E-state index contributed by atoms with van der Waals surface area (Å²) in [5.74, 6) is 6.83. The van der Waals surface area contributed by atoms with Crippen LogP contribution in [-0.2, 0) is 55.3 Å². The largest absolute Gasteiger partial charge is 1.00 e. The van der Waals surface area contributed by atoms with E-state index >= 15 is 0 Å². The lowest BCUT2D eigenvalue weighted by Crippen LogP contribution is -3.00. The number of carbonyl (C=O) groups excluding carboxylic acids is 1. The fourth-order valence-electron chi connectivity index (χ4n) is 10.3. The van der Waals surface area contributed by atoms with Gasteiger partial charge in [-0.25, -0.2) is 26.0 Å². The van der Waals surface area contributed by atoms with Gasteiger partial charge >= 0.3 is 0 Å². The molecule has 0 amide bonds. The molecular formula is C86H130Br4N11O9S8+3. The van der Waals surface area contributed by atoms with E-state index in [4.69, 9.17) is 0 Å². The highest BCUT2D eigenvalue weighted by Crippen LogP contribution is 2.24. The number of pyridine rings is 5. The number of nitrogens with zero attached hydrogens (tertiary/aromatic N) is 11. The Morgan fingerprint density at radius 1 is 0.407 bits per heavy atom. The van der Waals surface area contributed by atoms with Gasteiger partial charge in [0.2, 0.25) is 32.2 Å². The van der Waals surface area contributed by atoms with Crippen LogP contribution >= 0.6 is 96.6 Å². The zero-order valence-electron chi connectivity index (χ0n) is 72.1. The number of hydrogen-bond donors (Lipinski definition) is 0. The van der Waals surface area contributed by atoms with Gasteiger partial charge in [0.1, 0.15) is 6.29 Å². The van der Waals surface area contributed by atoms with Crippen LogP contribution < -0.4 is 66.9 Å². The fourth-order valence-corrected chi connectivity index (χ4v) is 18.0. The zero-order valence-corrected chi connectivity index (χ0v) is 85.0. The Balaban J connectivity index is 0.00000168.